The topological polar surface area (TPSA) is 121 Å². The zero-order valence-corrected chi connectivity index (χ0v) is 10.2. The molecule has 0 aliphatic heterocycles. The highest BCUT2D eigenvalue weighted by atomic mass is 16.5. The van der Waals surface area contributed by atoms with E-state index in [-0.39, 0.29) is 6.61 Å². The Kier molecular flexibility index (Phi) is 6.04. The Morgan fingerprint density at radius 3 is 2.11 bits per heavy atom. The zero-order chi connectivity index (χ0) is 14.3. The molecule has 0 saturated carbocycles. The van der Waals surface area contributed by atoms with Crippen molar-refractivity contribution in [2.75, 3.05) is 6.61 Å². The van der Waals surface area contributed by atoms with Crippen LogP contribution in [0.5, 0.6) is 0 Å². The van der Waals surface area contributed by atoms with E-state index in [9.17, 15) is 19.5 Å². The number of carboxylic acids is 2. The molecule has 18 heavy (non-hydrogen) atoms. The SMILES string of the molecule is CC(C)=CCOC(=O)CC(O)(CC(=O)O)C(=O)O. The van der Waals surface area contributed by atoms with Crippen LogP contribution in [0, 0.1) is 0 Å². The average Bonchev–Trinajstić information content (AvgIpc) is 2.14. The van der Waals surface area contributed by atoms with E-state index in [0.717, 1.165) is 5.57 Å². The number of carboxylic acid groups (broad SMARTS) is 2. The largest absolute Gasteiger partial charge is 0.481 e. The third-order valence-electron chi connectivity index (χ3n) is 2.01. The molecule has 0 amide bonds. The average molecular weight is 260 g/mol. The van der Waals surface area contributed by atoms with Crippen LogP contribution in [-0.2, 0) is 19.1 Å². The molecule has 0 rings (SSSR count). The maximum Gasteiger partial charge on any atom is 0.336 e. The van der Waals surface area contributed by atoms with E-state index in [1.165, 1.54) is 0 Å². The van der Waals surface area contributed by atoms with Gasteiger partial charge in [0.25, 0.3) is 0 Å². The van der Waals surface area contributed by atoms with Crippen LogP contribution in [0.3, 0.4) is 0 Å². The molecule has 0 aliphatic carbocycles. The molecule has 0 radical (unpaired) electrons. The molecule has 0 saturated heterocycles. The van der Waals surface area contributed by atoms with Gasteiger partial charge in [0.2, 0.25) is 0 Å². The fraction of sp³-hybridized carbons (Fsp3) is 0.545. The van der Waals surface area contributed by atoms with Crippen LogP contribution < -0.4 is 0 Å². The number of aliphatic carboxylic acids is 2. The Hall–Kier alpha value is -1.89. The Morgan fingerprint density at radius 2 is 1.72 bits per heavy atom. The molecule has 7 heteroatoms. The molecular formula is C11H16O7. The van der Waals surface area contributed by atoms with Crippen molar-refractivity contribution in [3.05, 3.63) is 11.6 Å². The van der Waals surface area contributed by atoms with Gasteiger partial charge in [0.15, 0.2) is 5.60 Å². The lowest BCUT2D eigenvalue weighted by Gasteiger charge is -2.19. The second-order valence-corrected chi connectivity index (χ2v) is 4.05. The van der Waals surface area contributed by atoms with Crippen LogP contribution in [0.1, 0.15) is 26.7 Å². The number of hydrogen-bond acceptors (Lipinski definition) is 5. The van der Waals surface area contributed by atoms with Crippen molar-refractivity contribution < 1.29 is 34.4 Å². The van der Waals surface area contributed by atoms with Gasteiger partial charge in [-0.05, 0) is 19.9 Å². The summed E-state index contributed by atoms with van der Waals surface area (Å²) in [4.78, 5) is 32.4. The summed E-state index contributed by atoms with van der Waals surface area (Å²) in [6, 6.07) is 0. The van der Waals surface area contributed by atoms with Gasteiger partial charge in [-0.1, -0.05) is 5.57 Å². The Bertz CT molecular complexity index is 368. The third-order valence-corrected chi connectivity index (χ3v) is 2.01. The summed E-state index contributed by atoms with van der Waals surface area (Å²) in [7, 11) is 0. The zero-order valence-electron chi connectivity index (χ0n) is 10.2. The molecule has 1 unspecified atom stereocenters. The second-order valence-electron chi connectivity index (χ2n) is 4.05. The number of ether oxygens (including phenoxy) is 1. The predicted octanol–water partition coefficient (Wildman–Crippen LogP) is 0.176. The van der Waals surface area contributed by atoms with E-state index in [1.54, 1.807) is 19.9 Å². The summed E-state index contributed by atoms with van der Waals surface area (Å²) in [5.74, 6) is -4.26. The molecule has 7 nitrogen and oxygen atoms in total. The van der Waals surface area contributed by atoms with Crippen molar-refractivity contribution >= 4 is 17.9 Å². The maximum atomic E-state index is 11.3. The molecule has 0 aromatic heterocycles. The number of esters is 1. The van der Waals surface area contributed by atoms with Crippen LogP contribution in [0.4, 0.5) is 0 Å². The normalized spacial score (nSPS) is 13.3. The van der Waals surface area contributed by atoms with E-state index in [1.807, 2.05) is 0 Å². The van der Waals surface area contributed by atoms with Crippen LogP contribution in [-0.4, -0.2) is 45.4 Å². The number of aliphatic hydroxyl groups is 1. The Morgan fingerprint density at radius 1 is 1.17 bits per heavy atom. The molecule has 3 N–H and O–H groups in total. The fourth-order valence-corrected chi connectivity index (χ4v) is 1.05. The highest BCUT2D eigenvalue weighted by molar-refractivity contribution is 5.88. The lowest BCUT2D eigenvalue weighted by Crippen LogP contribution is -2.43. The summed E-state index contributed by atoms with van der Waals surface area (Å²) in [5, 5.41) is 26.7. The van der Waals surface area contributed by atoms with E-state index in [0.29, 0.717) is 0 Å². The van der Waals surface area contributed by atoms with Crippen molar-refractivity contribution in [1.82, 2.24) is 0 Å². The fourth-order valence-electron chi connectivity index (χ4n) is 1.05. The molecule has 0 aromatic carbocycles. The molecule has 0 bridgehead atoms. The molecule has 0 aliphatic rings. The van der Waals surface area contributed by atoms with E-state index in [4.69, 9.17) is 10.2 Å². The number of hydrogen-bond donors (Lipinski definition) is 3. The minimum atomic E-state index is -2.64. The van der Waals surface area contributed by atoms with Crippen molar-refractivity contribution in [3.63, 3.8) is 0 Å². The first-order chi connectivity index (χ1) is 8.17. The highest BCUT2D eigenvalue weighted by Crippen LogP contribution is 2.17. The summed E-state index contributed by atoms with van der Waals surface area (Å²) in [6.07, 6.45) is -0.389. The van der Waals surface area contributed by atoms with Crippen LogP contribution in [0.25, 0.3) is 0 Å². The van der Waals surface area contributed by atoms with Gasteiger partial charge in [0.1, 0.15) is 6.61 Å². The van der Waals surface area contributed by atoms with E-state index >= 15 is 0 Å². The first-order valence-corrected chi connectivity index (χ1v) is 5.14. The minimum Gasteiger partial charge on any atom is -0.481 e. The Labute approximate surface area is 104 Å². The van der Waals surface area contributed by atoms with Gasteiger partial charge in [-0.3, -0.25) is 9.59 Å². The van der Waals surface area contributed by atoms with Crippen molar-refractivity contribution in [2.45, 2.75) is 32.3 Å². The number of carbonyl (C=O) groups is 3. The molecular weight excluding hydrogens is 244 g/mol. The molecule has 0 fully saturated rings. The predicted molar refractivity (Wildman–Crippen MR) is 59.8 cm³/mol. The maximum absolute atomic E-state index is 11.3. The molecule has 102 valence electrons. The lowest BCUT2D eigenvalue weighted by molar-refractivity contribution is -0.171. The monoisotopic (exact) mass is 260 g/mol. The van der Waals surface area contributed by atoms with Crippen LogP contribution in [0.15, 0.2) is 11.6 Å². The molecule has 0 aromatic rings. The summed E-state index contributed by atoms with van der Waals surface area (Å²) in [6.45, 7) is 3.52. The molecule has 0 heterocycles. The first-order valence-electron chi connectivity index (χ1n) is 5.14. The summed E-state index contributed by atoms with van der Waals surface area (Å²) >= 11 is 0. The lowest BCUT2D eigenvalue weighted by atomic mass is 9.96. The van der Waals surface area contributed by atoms with E-state index < -0.39 is 36.4 Å². The minimum absolute atomic E-state index is 0.0516. The van der Waals surface area contributed by atoms with Crippen molar-refractivity contribution in [3.8, 4) is 0 Å². The molecule has 1 atom stereocenters. The Balaban J connectivity index is 4.51. The van der Waals surface area contributed by atoms with Gasteiger partial charge in [-0.25, -0.2) is 4.79 Å². The smallest absolute Gasteiger partial charge is 0.336 e. The van der Waals surface area contributed by atoms with Gasteiger partial charge >= 0.3 is 17.9 Å². The quantitative estimate of drug-likeness (QED) is 0.440. The standard InChI is InChI=1S/C11H16O7/c1-7(2)3-4-18-9(14)6-11(17,10(15)16)5-8(12)13/h3,17H,4-6H2,1-2H3,(H,12,13)(H,15,16). The van der Waals surface area contributed by atoms with Gasteiger partial charge in [0.05, 0.1) is 12.8 Å². The van der Waals surface area contributed by atoms with Crippen molar-refractivity contribution in [1.29, 1.82) is 0 Å². The number of carbonyl (C=O) groups excluding carboxylic acids is 1. The van der Waals surface area contributed by atoms with Crippen LogP contribution in [0.2, 0.25) is 0 Å². The number of allylic oxidation sites excluding steroid dienone is 1. The van der Waals surface area contributed by atoms with Gasteiger partial charge in [0, 0.05) is 0 Å². The van der Waals surface area contributed by atoms with Gasteiger partial charge in [-0.2, -0.15) is 0 Å². The second kappa shape index (κ2) is 6.75. The van der Waals surface area contributed by atoms with Crippen LogP contribution >= 0.6 is 0 Å². The third kappa shape index (κ3) is 6.00. The van der Waals surface area contributed by atoms with E-state index in [2.05, 4.69) is 4.74 Å². The number of rotatable bonds is 7. The summed E-state index contributed by atoms with van der Waals surface area (Å²) in [5.41, 5.74) is -1.74. The van der Waals surface area contributed by atoms with Crippen molar-refractivity contribution in [2.24, 2.45) is 0 Å². The first kappa shape index (κ1) is 16.1. The van der Waals surface area contributed by atoms with Gasteiger partial charge < -0.3 is 20.1 Å². The summed E-state index contributed by atoms with van der Waals surface area (Å²) < 4.78 is 4.65. The molecule has 0 spiro atoms. The highest BCUT2D eigenvalue weighted by Gasteiger charge is 2.41. The van der Waals surface area contributed by atoms with Gasteiger partial charge in [-0.15, -0.1) is 0 Å².